The number of hydrogen-bond donors (Lipinski definition) is 1. The number of phenols is 1. The van der Waals surface area contributed by atoms with Gasteiger partial charge in [-0.3, -0.25) is 9.55 Å². The second-order valence-corrected chi connectivity index (χ2v) is 10.0. The summed E-state index contributed by atoms with van der Waals surface area (Å²) in [5.41, 5.74) is 7.27. The molecule has 3 aromatic heterocycles. The number of nitrogens with zero attached hydrogens (tertiary/aromatic N) is 3. The number of thiophene rings is 1. The van der Waals surface area contributed by atoms with Crippen molar-refractivity contribution in [1.29, 1.82) is 0 Å². The molecule has 196 valence electrons. The first-order chi connectivity index (χ1) is 19.7. The Morgan fingerprint density at radius 1 is 0.775 bits per heavy atom. The van der Waals surface area contributed by atoms with Crippen molar-refractivity contribution >= 4 is 22.4 Å². The van der Waals surface area contributed by atoms with Crippen molar-refractivity contribution in [2.75, 3.05) is 0 Å². The summed E-state index contributed by atoms with van der Waals surface area (Å²) in [6.07, 6.45) is 1.75. The van der Waals surface area contributed by atoms with E-state index in [0.29, 0.717) is 23.1 Å². The number of aromatic nitrogens is 3. The van der Waals surface area contributed by atoms with Gasteiger partial charge in [0, 0.05) is 43.5 Å². The maximum absolute atomic E-state index is 10.7. The number of hydrogen-bond acceptors (Lipinski definition) is 4. The topological polar surface area (TPSA) is 50.9 Å². The molecule has 0 amide bonds. The number of pyridine rings is 1. The van der Waals surface area contributed by atoms with Gasteiger partial charge in [-0.1, -0.05) is 65.7 Å². The molecule has 3 heterocycles. The number of fused-ring (bicyclic) bond motifs is 1. The van der Waals surface area contributed by atoms with Crippen LogP contribution in [-0.4, -0.2) is 19.6 Å². The van der Waals surface area contributed by atoms with E-state index >= 15 is 0 Å². The Bertz CT molecular complexity index is 1990. The monoisotopic (exact) mass is 716 g/mol. The largest absolute Gasteiger partial charge is 0.507 e. The van der Waals surface area contributed by atoms with Crippen molar-refractivity contribution in [1.82, 2.24) is 14.5 Å². The molecule has 0 aliphatic heterocycles. The number of imidazole rings is 1. The predicted octanol–water partition coefficient (Wildman–Crippen LogP) is 8.65. The van der Waals surface area contributed by atoms with Crippen molar-refractivity contribution in [2.45, 2.75) is 0 Å². The molecule has 0 aliphatic rings. The van der Waals surface area contributed by atoms with Gasteiger partial charge in [0.05, 0.1) is 18.0 Å². The Labute approximate surface area is 251 Å². The average Bonchev–Trinajstić information content (AvgIpc) is 3.67. The quantitative estimate of drug-likeness (QED) is 0.182. The number of rotatable bonds is 5. The fourth-order valence-electron chi connectivity index (χ4n) is 4.86. The van der Waals surface area contributed by atoms with Gasteiger partial charge in [0.25, 0.3) is 0 Å². The molecule has 0 spiro atoms. The van der Waals surface area contributed by atoms with Gasteiger partial charge < -0.3 is 5.11 Å². The summed E-state index contributed by atoms with van der Waals surface area (Å²) in [6, 6.07) is 39.1. The minimum absolute atomic E-state index is 0. The molecule has 0 bridgehead atoms. The Morgan fingerprint density at radius 3 is 2.38 bits per heavy atom. The molecule has 0 unspecified atom stereocenters. The van der Waals surface area contributed by atoms with Crippen LogP contribution in [0.2, 0.25) is 0 Å². The molecule has 0 atom stereocenters. The van der Waals surface area contributed by atoms with E-state index in [2.05, 4.69) is 15.6 Å². The normalized spacial score (nSPS) is 11.2. The summed E-state index contributed by atoms with van der Waals surface area (Å²) in [4.78, 5) is 10.7. The van der Waals surface area contributed by atoms with Gasteiger partial charge in [-0.2, -0.15) is 0 Å². The third-order valence-corrected chi connectivity index (χ3v) is 7.57. The van der Waals surface area contributed by atoms with E-state index in [-0.39, 0.29) is 26.8 Å². The number of aromatic hydroxyl groups is 1. The van der Waals surface area contributed by atoms with Crippen LogP contribution in [0, 0.1) is 6.07 Å². The average molecular weight is 717 g/mol. The number of phenolic OH excluding ortho intramolecular Hbond substituents is 1. The van der Waals surface area contributed by atoms with E-state index in [1.54, 1.807) is 23.6 Å². The maximum Gasteiger partial charge on any atom is 0.148 e. The molecule has 0 radical (unpaired) electrons. The zero-order valence-corrected chi connectivity index (χ0v) is 24.1. The molecule has 1 N–H and O–H groups in total. The van der Waals surface area contributed by atoms with Crippen LogP contribution < -0.4 is 0 Å². The summed E-state index contributed by atoms with van der Waals surface area (Å²) < 4.78 is 11.0. The van der Waals surface area contributed by atoms with E-state index in [4.69, 9.17) is 6.35 Å². The van der Waals surface area contributed by atoms with Crippen molar-refractivity contribution in [2.24, 2.45) is 0 Å². The van der Waals surface area contributed by atoms with Gasteiger partial charge in [0.15, 0.2) is 0 Å². The SMILES string of the molecule is [2H]c1c(-c2cccs2)ccnc1-c1[c-]c(-c2cccc3c2nc(-c2ccccc2O)n3-c2ccccc2)ccc1.[Pt]. The Hall–Kier alpha value is -4.31. The Balaban J connectivity index is 0.00000302. The zero-order valence-electron chi connectivity index (χ0n) is 22.1. The van der Waals surface area contributed by atoms with Gasteiger partial charge in [0.1, 0.15) is 11.6 Å². The van der Waals surface area contributed by atoms with Crippen molar-refractivity contribution in [3.05, 3.63) is 133 Å². The first-order valence-electron chi connectivity index (χ1n) is 13.1. The molecule has 0 fully saturated rings. The van der Waals surface area contributed by atoms with E-state index < -0.39 is 0 Å². The van der Waals surface area contributed by atoms with Crippen molar-refractivity contribution in [3.8, 4) is 55.6 Å². The summed E-state index contributed by atoms with van der Waals surface area (Å²) in [6.45, 7) is 0. The van der Waals surface area contributed by atoms with E-state index in [1.165, 1.54) is 0 Å². The molecule has 0 saturated carbocycles. The molecule has 7 rings (SSSR count). The van der Waals surface area contributed by atoms with Gasteiger partial charge in [-0.25, -0.2) is 4.98 Å². The third kappa shape index (κ3) is 4.68. The van der Waals surface area contributed by atoms with Crippen LogP contribution in [0.15, 0.2) is 127 Å². The predicted molar refractivity (Wildman–Crippen MR) is 159 cm³/mol. The second kappa shape index (κ2) is 11.1. The first kappa shape index (κ1) is 24.7. The molecule has 7 aromatic rings. The number of para-hydroxylation sites is 3. The molecule has 0 saturated heterocycles. The Kier molecular flexibility index (Phi) is 6.83. The van der Waals surface area contributed by atoms with Gasteiger partial charge in [-0.05, 0) is 53.4 Å². The molecule has 4 nitrogen and oxygen atoms in total. The van der Waals surface area contributed by atoms with E-state index in [0.717, 1.165) is 43.9 Å². The van der Waals surface area contributed by atoms with Crippen molar-refractivity contribution < 1.29 is 27.5 Å². The fraction of sp³-hybridized carbons (Fsp3) is 0. The van der Waals surface area contributed by atoms with Crippen LogP contribution >= 0.6 is 11.3 Å². The minimum atomic E-state index is 0. The molecular formula is C34H22N3OPtS-. The van der Waals surface area contributed by atoms with Crippen LogP contribution in [0.5, 0.6) is 5.75 Å². The van der Waals surface area contributed by atoms with Crippen LogP contribution in [0.3, 0.4) is 0 Å². The molecular weight excluding hydrogens is 694 g/mol. The fourth-order valence-corrected chi connectivity index (χ4v) is 5.57. The number of benzene rings is 4. The Morgan fingerprint density at radius 2 is 1.55 bits per heavy atom. The van der Waals surface area contributed by atoms with Crippen LogP contribution in [0.25, 0.3) is 60.9 Å². The van der Waals surface area contributed by atoms with E-state index in [9.17, 15) is 5.11 Å². The molecule has 6 heteroatoms. The zero-order chi connectivity index (χ0) is 27.1. The van der Waals surface area contributed by atoms with Gasteiger partial charge in [-0.15, -0.1) is 41.2 Å². The molecule has 0 aliphatic carbocycles. The smallest absolute Gasteiger partial charge is 0.148 e. The van der Waals surface area contributed by atoms with E-state index in [1.807, 2.05) is 109 Å². The summed E-state index contributed by atoms with van der Waals surface area (Å²) >= 11 is 1.61. The first-order valence-corrected chi connectivity index (χ1v) is 13.4. The van der Waals surface area contributed by atoms with Gasteiger partial charge >= 0.3 is 0 Å². The molecule has 40 heavy (non-hydrogen) atoms. The summed E-state index contributed by atoms with van der Waals surface area (Å²) in [5, 5.41) is 12.8. The van der Waals surface area contributed by atoms with Crippen LogP contribution in [0.4, 0.5) is 0 Å². The summed E-state index contributed by atoms with van der Waals surface area (Å²) in [5.74, 6) is 0.825. The van der Waals surface area contributed by atoms with Crippen LogP contribution in [-0.2, 0) is 21.1 Å². The molecule has 4 aromatic carbocycles. The summed E-state index contributed by atoms with van der Waals surface area (Å²) in [7, 11) is 0. The van der Waals surface area contributed by atoms with Gasteiger partial charge in [0.2, 0.25) is 0 Å². The van der Waals surface area contributed by atoms with Crippen LogP contribution in [0.1, 0.15) is 1.37 Å². The third-order valence-electron chi connectivity index (χ3n) is 6.67. The second-order valence-electron chi connectivity index (χ2n) is 9.08. The standard InChI is InChI=1S/C34H22N3OS.Pt/c38-31-16-5-4-13-28(31)34-36-33-27(14-7-15-30(33)37(34)26-11-2-1-3-12-26)23-9-6-10-24(21-23)29-22-25(18-19-35-29)32-17-8-20-39-32;/h1-20,22,38H;/q-1;/i22D;. The minimum Gasteiger partial charge on any atom is -0.507 e. The van der Waals surface area contributed by atoms with Crippen molar-refractivity contribution in [3.63, 3.8) is 0 Å². The maximum atomic E-state index is 10.7.